The molecule has 1 aromatic heterocycles. The Labute approximate surface area is 132 Å². The van der Waals surface area contributed by atoms with Crippen LogP contribution in [0.15, 0.2) is 36.5 Å². The molecule has 1 heterocycles. The van der Waals surface area contributed by atoms with Gasteiger partial charge in [0.2, 0.25) is 0 Å². The van der Waals surface area contributed by atoms with E-state index in [1.165, 1.54) is 11.1 Å². The maximum atomic E-state index is 6.02. The number of benzene rings is 1. The van der Waals surface area contributed by atoms with E-state index in [0.717, 1.165) is 43.1 Å². The average Bonchev–Trinajstić information content (AvgIpc) is 2.51. The fourth-order valence-corrected chi connectivity index (χ4v) is 2.24. The number of nitrogen functional groups attached to an aromatic ring is 1. The van der Waals surface area contributed by atoms with Crippen LogP contribution in [0.5, 0.6) is 5.75 Å². The predicted molar refractivity (Wildman–Crippen MR) is 92.4 cm³/mol. The maximum absolute atomic E-state index is 6.02. The molecule has 4 nitrogen and oxygen atoms in total. The van der Waals surface area contributed by atoms with E-state index < -0.39 is 0 Å². The number of hydrogen-bond donors (Lipinski definition) is 2. The standard InChI is InChI=1S/C18H25N3O/c1-3-11-22-17-7-6-15(13-16(17)19)5-4-9-20-18-12-14(2)8-10-21-18/h6-8,10,12-13H,3-5,9,11,19H2,1-2H3,(H,20,21). The zero-order chi connectivity index (χ0) is 15.8. The van der Waals surface area contributed by atoms with Crippen LogP contribution in [0.3, 0.4) is 0 Å². The Balaban J connectivity index is 1.78. The zero-order valence-corrected chi connectivity index (χ0v) is 13.4. The molecule has 0 spiro atoms. The highest BCUT2D eigenvalue weighted by atomic mass is 16.5. The Bertz CT molecular complexity index is 599. The minimum absolute atomic E-state index is 0.705. The van der Waals surface area contributed by atoms with Gasteiger partial charge in [0.25, 0.3) is 0 Å². The first-order valence-corrected chi connectivity index (χ1v) is 7.86. The fourth-order valence-electron chi connectivity index (χ4n) is 2.24. The summed E-state index contributed by atoms with van der Waals surface area (Å²) in [7, 11) is 0. The number of anilines is 2. The van der Waals surface area contributed by atoms with E-state index in [1.54, 1.807) is 0 Å². The highest BCUT2D eigenvalue weighted by molar-refractivity contribution is 5.54. The number of aromatic nitrogens is 1. The molecule has 0 bridgehead atoms. The summed E-state index contributed by atoms with van der Waals surface area (Å²) in [4.78, 5) is 4.29. The van der Waals surface area contributed by atoms with Gasteiger partial charge in [0.05, 0.1) is 12.3 Å². The summed E-state index contributed by atoms with van der Waals surface area (Å²) in [6, 6.07) is 10.1. The summed E-state index contributed by atoms with van der Waals surface area (Å²) in [6.45, 7) is 5.75. The second-order valence-electron chi connectivity index (χ2n) is 5.47. The molecule has 0 saturated carbocycles. The maximum Gasteiger partial charge on any atom is 0.142 e. The lowest BCUT2D eigenvalue weighted by Gasteiger charge is -2.10. The van der Waals surface area contributed by atoms with Gasteiger partial charge in [-0.3, -0.25) is 0 Å². The van der Waals surface area contributed by atoms with Crippen molar-refractivity contribution in [2.45, 2.75) is 33.1 Å². The largest absolute Gasteiger partial charge is 0.491 e. The third-order valence-electron chi connectivity index (χ3n) is 3.40. The predicted octanol–water partition coefficient (Wildman–Crippen LogP) is 3.81. The number of nitrogens with two attached hydrogens (primary N) is 1. The van der Waals surface area contributed by atoms with Crippen LogP contribution < -0.4 is 15.8 Å². The number of rotatable bonds is 8. The lowest BCUT2D eigenvalue weighted by Crippen LogP contribution is -2.05. The van der Waals surface area contributed by atoms with Crippen molar-refractivity contribution in [3.05, 3.63) is 47.7 Å². The third kappa shape index (κ3) is 4.95. The second kappa shape index (κ2) is 8.27. The number of aryl methyl sites for hydroxylation is 2. The van der Waals surface area contributed by atoms with Gasteiger partial charge < -0.3 is 15.8 Å². The van der Waals surface area contributed by atoms with E-state index >= 15 is 0 Å². The highest BCUT2D eigenvalue weighted by Gasteiger charge is 2.02. The molecule has 0 atom stereocenters. The van der Waals surface area contributed by atoms with Crippen LogP contribution in [-0.2, 0) is 6.42 Å². The van der Waals surface area contributed by atoms with Gasteiger partial charge in [0.15, 0.2) is 0 Å². The molecule has 0 fully saturated rings. The van der Waals surface area contributed by atoms with Crippen molar-refractivity contribution in [3.63, 3.8) is 0 Å². The molecule has 0 aliphatic heterocycles. The number of pyridine rings is 1. The summed E-state index contributed by atoms with van der Waals surface area (Å²) in [6.07, 6.45) is 4.83. The first-order chi connectivity index (χ1) is 10.7. The summed E-state index contributed by atoms with van der Waals surface area (Å²) >= 11 is 0. The molecule has 0 saturated heterocycles. The van der Waals surface area contributed by atoms with Gasteiger partial charge in [0, 0.05) is 12.7 Å². The van der Waals surface area contributed by atoms with Crippen molar-refractivity contribution in [1.29, 1.82) is 0 Å². The quantitative estimate of drug-likeness (QED) is 0.575. The Morgan fingerprint density at radius 3 is 2.82 bits per heavy atom. The molecule has 0 aliphatic carbocycles. The van der Waals surface area contributed by atoms with Crippen LogP contribution in [0.25, 0.3) is 0 Å². The van der Waals surface area contributed by atoms with Gasteiger partial charge in [-0.15, -0.1) is 0 Å². The van der Waals surface area contributed by atoms with Crippen molar-refractivity contribution < 1.29 is 4.74 Å². The van der Waals surface area contributed by atoms with Crippen LogP contribution in [0.2, 0.25) is 0 Å². The Kier molecular flexibility index (Phi) is 6.07. The Morgan fingerprint density at radius 1 is 1.23 bits per heavy atom. The summed E-state index contributed by atoms with van der Waals surface area (Å²) in [5, 5.41) is 3.34. The fraction of sp³-hybridized carbons (Fsp3) is 0.389. The molecule has 2 aromatic rings. The monoisotopic (exact) mass is 299 g/mol. The van der Waals surface area contributed by atoms with Crippen molar-refractivity contribution in [2.24, 2.45) is 0 Å². The number of nitrogens with one attached hydrogen (secondary N) is 1. The minimum Gasteiger partial charge on any atom is -0.491 e. The lowest BCUT2D eigenvalue weighted by molar-refractivity contribution is 0.319. The van der Waals surface area contributed by atoms with E-state index in [0.29, 0.717) is 6.61 Å². The first kappa shape index (κ1) is 16.1. The molecule has 0 amide bonds. The van der Waals surface area contributed by atoms with E-state index in [1.807, 2.05) is 24.4 Å². The molecule has 1 aromatic carbocycles. The summed E-state index contributed by atoms with van der Waals surface area (Å²) in [5.41, 5.74) is 9.20. The van der Waals surface area contributed by atoms with Crippen LogP contribution in [0.4, 0.5) is 11.5 Å². The number of ether oxygens (including phenoxy) is 1. The van der Waals surface area contributed by atoms with Crippen LogP contribution in [0, 0.1) is 6.92 Å². The van der Waals surface area contributed by atoms with E-state index in [4.69, 9.17) is 10.5 Å². The van der Waals surface area contributed by atoms with Gasteiger partial charge in [-0.1, -0.05) is 13.0 Å². The van der Waals surface area contributed by atoms with Crippen molar-refractivity contribution in [2.75, 3.05) is 24.2 Å². The zero-order valence-electron chi connectivity index (χ0n) is 13.4. The Hall–Kier alpha value is -2.23. The van der Waals surface area contributed by atoms with Gasteiger partial charge in [-0.25, -0.2) is 4.98 Å². The van der Waals surface area contributed by atoms with Gasteiger partial charge >= 0.3 is 0 Å². The van der Waals surface area contributed by atoms with Crippen LogP contribution in [-0.4, -0.2) is 18.1 Å². The van der Waals surface area contributed by atoms with Crippen molar-refractivity contribution in [3.8, 4) is 5.75 Å². The molecule has 2 rings (SSSR count). The lowest BCUT2D eigenvalue weighted by atomic mass is 10.1. The van der Waals surface area contributed by atoms with Gasteiger partial charge in [-0.2, -0.15) is 0 Å². The third-order valence-corrected chi connectivity index (χ3v) is 3.40. The highest BCUT2D eigenvalue weighted by Crippen LogP contribution is 2.23. The van der Waals surface area contributed by atoms with E-state index in [-0.39, 0.29) is 0 Å². The molecule has 3 N–H and O–H groups in total. The first-order valence-electron chi connectivity index (χ1n) is 7.86. The minimum atomic E-state index is 0.705. The van der Waals surface area contributed by atoms with Gasteiger partial charge in [0.1, 0.15) is 11.6 Å². The number of hydrogen-bond acceptors (Lipinski definition) is 4. The SMILES string of the molecule is CCCOc1ccc(CCCNc2cc(C)ccn2)cc1N. The normalized spacial score (nSPS) is 10.5. The molecule has 0 aliphatic rings. The molecule has 118 valence electrons. The number of nitrogens with zero attached hydrogens (tertiary/aromatic N) is 1. The summed E-state index contributed by atoms with van der Waals surface area (Å²) in [5.74, 6) is 1.72. The Morgan fingerprint density at radius 2 is 2.09 bits per heavy atom. The van der Waals surface area contributed by atoms with Crippen molar-refractivity contribution >= 4 is 11.5 Å². The average molecular weight is 299 g/mol. The summed E-state index contributed by atoms with van der Waals surface area (Å²) < 4.78 is 5.59. The smallest absolute Gasteiger partial charge is 0.142 e. The molecular weight excluding hydrogens is 274 g/mol. The molecule has 0 radical (unpaired) electrons. The van der Waals surface area contributed by atoms with E-state index in [2.05, 4.69) is 36.3 Å². The van der Waals surface area contributed by atoms with E-state index in [9.17, 15) is 0 Å². The van der Waals surface area contributed by atoms with Crippen LogP contribution >= 0.6 is 0 Å². The van der Waals surface area contributed by atoms with Gasteiger partial charge in [-0.05, 0) is 61.6 Å². The topological polar surface area (TPSA) is 60.2 Å². The molecule has 4 heteroatoms. The van der Waals surface area contributed by atoms with Crippen LogP contribution in [0.1, 0.15) is 30.9 Å². The molecule has 22 heavy (non-hydrogen) atoms. The second-order valence-corrected chi connectivity index (χ2v) is 5.47. The molecular formula is C18H25N3O. The molecule has 0 unspecified atom stereocenters. The van der Waals surface area contributed by atoms with Crippen molar-refractivity contribution in [1.82, 2.24) is 4.98 Å².